The maximum atomic E-state index is 13.1. The van der Waals surface area contributed by atoms with E-state index in [0.29, 0.717) is 28.7 Å². The molecule has 32 heavy (non-hydrogen) atoms. The van der Waals surface area contributed by atoms with Crippen molar-refractivity contribution in [2.24, 2.45) is 5.92 Å². The number of nitrogens with one attached hydrogen (secondary N) is 1. The summed E-state index contributed by atoms with van der Waals surface area (Å²) in [5.41, 5.74) is 3.01. The minimum Gasteiger partial charge on any atom is -0.320 e. The van der Waals surface area contributed by atoms with Crippen molar-refractivity contribution in [1.82, 2.24) is 14.9 Å². The van der Waals surface area contributed by atoms with E-state index in [9.17, 15) is 9.59 Å². The van der Waals surface area contributed by atoms with Gasteiger partial charge in [-0.2, -0.15) is 0 Å². The molecule has 4 rings (SSSR count). The van der Waals surface area contributed by atoms with Gasteiger partial charge in [0.25, 0.3) is 5.91 Å². The average molecular weight is 429 g/mol. The molecule has 0 bridgehead atoms. The number of para-hydroxylation sites is 1. The maximum Gasteiger partial charge on any atom is 0.274 e. The third-order valence-corrected chi connectivity index (χ3v) is 5.93. The lowest BCUT2D eigenvalue weighted by Gasteiger charge is -2.28. The first-order chi connectivity index (χ1) is 15.5. The highest BCUT2D eigenvalue weighted by atomic mass is 16.2. The van der Waals surface area contributed by atoms with Crippen LogP contribution in [0, 0.1) is 5.92 Å². The molecule has 1 amide bonds. The van der Waals surface area contributed by atoms with Crippen molar-refractivity contribution in [3.8, 4) is 11.4 Å². The predicted octanol–water partition coefficient (Wildman–Crippen LogP) is 4.48. The summed E-state index contributed by atoms with van der Waals surface area (Å²) < 4.78 is 0. The Morgan fingerprint density at radius 1 is 1.00 bits per heavy atom. The third kappa shape index (κ3) is 5.26. The number of benzene rings is 2. The topological polar surface area (TPSA) is 75.2 Å². The molecule has 0 saturated carbocycles. The van der Waals surface area contributed by atoms with E-state index >= 15 is 0 Å². The molecule has 6 nitrogen and oxygen atoms in total. The van der Waals surface area contributed by atoms with E-state index in [2.05, 4.69) is 22.2 Å². The monoisotopic (exact) mass is 428 g/mol. The lowest BCUT2D eigenvalue weighted by atomic mass is 9.92. The Kier molecular flexibility index (Phi) is 6.71. The Morgan fingerprint density at radius 3 is 2.41 bits per heavy atom. The fourth-order valence-corrected chi connectivity index (χ4v) is 4.08. The number of anilines is 1. The molecule has 0 aliphatic carbocycles. The van der Waals surface area contributed by atoms with Gasteiger partial charge in [-0.3, -0.25) is 9.59 Å². The molecule has 2 aromatic carbocycles. The predicted molar refractivity (Wildman–Crippen MR) is 126 cm³/mol. The van der Waals surface area contributed by atoms with Crippen LogP contribution < -0.4 is 5.32 Å². The highest BCUT2D eigenvalue weighted by Crippen LogP contribution is 2.23. The van der Waals surface area contributed by atoms with Gasteiger partial charge in [0, 0.05) is 16.8 Å². The van der Waals surface area contributed by atoms with E-state index in [1.807, 2.05) is 30.3 Å². The summed E-state index contributed by atoms with van der Waals surface area (Å²) in [7, 11) is 2.15. The number of hydrogen-bond acceptors (Lipinski definition) is 5. The Hall–Kier alpha value is -3.38. The molecule has 0 atom stereocenters. The van der Waals surface area contributed by atoms with Crippen LogP contribution >= 0.6 is 0 Å². The van der Waals surface area contributed by atoms with E-state index in [4.69, 9.17) is 4.98 Å². The van der Waals surface area contributed by atoms with Gasteiger partial charge in [0.15, 0.2) is 11.6 Å². The quantitative estimate of drug-likeness (QED) is 0.586. The number of Topliss-reactive ketones (excluding diaryl/α,β-unsaturated/α-hetero) is 1. The molecule has 6 heteroatoms. The second kappa shape index (κ2) is 9.83. The summed E-state index contributed by atoms with van der Waals surface area (Å²) in [4.78, 5) is 36.8. The summed E-state index contributed by atoms with van der Waals surface area (Å²) >= 11 is 0. The molecule has 2 heterocycles. The Morgan fingerprint density at radius 2 is 1.69 bits per heavy atom. The molecule has 1 aliphatic heterocycles. The van der Waals surface area contributed by atoms with Crippen LogP contribution in [-0.2, 0) is 6.42 Å². The minimum absolute atomic E-state index is 0.100. The number of rotatable bonds is 6. The number of ketones is 1. The first-order valence-corrected chi connectivity index (χ1v) is 11.0. The van der Waals surface area contributed by atoms with Gasteiger partial charge in [-0.15, -0.1) is 0 Å². The normalized spacial score (nSPS) is 14.8. The summed E-state index contributed by atoms with van der Waals surface area (Å²) in [5.74, 6) is 0.638. The standard InChI is InChI=1S/C26H28N4O2/c1-18(31)22-10-6-7-11-23(22)29-26(32)24-17-21(16-19-12-14-30(2)15-13-19)27-25(28-24)20-8-4-3-5-9-20/h3-11,17,19H,12-16H2,1-2H3,(H,29,32). The van der Waals surface area contributed by atoms with E-state index in [1.165, 1.54) is 6.92 Å². The number of nitrogens with zero attached hydrogens (tertiary/aromatic N) is 3. The molecule has 1 N–H and O–H groups in total. The third-order valence-electron chi connectivity index (χ3n) is 5.93. The van der Waals surface area contributed by atoms with Crippen molar-refractivity contribution in [2.75, 3.05) is 25.5 Å². The van der Waals surface area contributed by atoms with Crippen LogP contribution in [0.2, 0.25) is 0 Å². The van der Waals surface area contributed by atoms with Crippen LogP contribution in [0.3, 0.4) is 0 Å². The van der Waals surface area contributed by atoms with Crippen molar-refractivity contribution in [3.63, 3.8) is 0 Å². The Labute approximate surface area is 188 Å². The van der Waals surface area contributed by atoms with Crippen molar-refractivity contribution in [1.29, 1.82) is 0 Å². The highest BCUT2D eigenvalue weighted by molar-refractivity contribution is 6.08. The summed E-state index contributed by atoms with van der Waals surface area (Å²) in [6, 6.07) is 18.5. The van der Waals surface area contributed by atoms with Crippen LogP contribution in [-0.4, -0.2) is 46.7 Å². The molecule has 1 aromatic heterocycles. The summed E-state index contributed by atoms with van der Waals surface area (Å²) in [6.07, 6.45) is 3.06. The number of likely N-dealkylation sites (tertiary alicyclic amines) is 1. The smallest absolute Gasteiger partial charge is 0.274 e. The van der Waals surface area contributed by atoms with Gasteiger partial charge < -0.3 is 10.2 Å². The molecular formula is C26H28N4O2. The van der Waals surface area contributed by atoms with Gasteiger partial charge in [-0.25, -0.2) is 9.97 Å². The van der Waals surface area contributed by atoms with Crippen molar-refractivity contribution < 1.29 is 9.59 Å². The van der Waals surface area contributed by atoms with Crippen LogP contribution in [0.1, 0.15) is 46.3 Å². The zero-order valence-electron chi connectivity index (χ0n) is 18.5. The van der Waals surface area contributed by atoms with Crippen molar-refractivity contribution in [3.05, 3.63) is 77.6 Å². The van der Waals surface area contributed by atoms with E-state index < -0.39 is 0 Å². The molecule has 0 spiro atoms. The zero-order valence-corrected chi connectivity index (χ0v) is 18.5. The minimum atomic E-state index is -0.345. The summed E-state index contributed by atoms with van der Waals surface area (Å²) in [5, 5.41) is 2.87. The van der Waals surface area contributed by atoms with Crippen LogP contribution in [0.4, 0.5) is 5.69 Å². The number of piperidine rings is 1. The number of carbonyl (C=O) groups excluding carboxylic acids is 2. The number of amides is 1. The van der Waals surface area contributed by atoms with Gasteiger partial charge in [0.1, 0.15) is 5.69 Å². The molecule has 0 radical (unpaired) electrons. The summed E-state index contributed by atoms with van der Waals surface area (Å²) in [6.45, 7) is 3.65. The van der Waals surface area contributed by atoms with Gasteiger partial charge in [0.05, 0.1) is 5.69 Å². The lowest BCUT2D eigenvalue weighted by Crippen LogP contribution is -2.31. The second-order valence-electron chi connectivity index (χ2n) is 8.44. The molecule has 0 unspecified atom stereocenters. The first-order valence-electron chi connectivity index (χ1n) is 11.0. The van der Waals surface area contributed by atoms with Crippen molar-refractivity contribution >= 4 is 17.4 Å². The largest absolute Gasteiger partial charge is 0.320 e. The van der Waals surface area contributed by atoms with E-state index in [1.54, 1.807) is 30.3 Å². The number of carbonyl (C=O) groups is 2. The van der Waals surface area contributed by atoms with Crippen LogP contribution in [0.25, 0.3) is 11.4 Å². The molecule has 1 saturated heterocycles. The molecule has 1 aliphatic rings. The molecule has 164 valence electrons. The first kappa shape index (κ1) is 21.8. The molecule has 1 fully saturated rings. The molecule has 3 aromatic rings. The van der Waals surface area contributed by atoms with Gasteiger partial charge in [-0.1, -0.05) is 42.5 Å². The van der Waals surface area contributed by atoms with E-state index in [0.717, 1.165) is 43.6 Å². The SMILES string of the molecule is CC(=O)c1ccccc1NC(=O)c1cc(CC2CCN(C)CC2)nc(-c2ccccc2)n1. The maximum absolute atomic E-state index is 13.1. The average Bonchev–Trinajstić information content (AvgIpc) is 2.81. The number of hydrogen-bond donors (Lipinski definition) is 1. The highest BCUT2D eigenvalue weighted by Gasteiger charge is 2.20. The zero-order chi connectivity index (χ0) is 22.5. The Balaban J connectivity index is 1.64. The van der Waals surface area contributed by atoms with Crippen LogP contribution in [0.5, 0.6) is 0 Å². The Bertz CT molecular complexity index is 1110. The van der Waals surface area contributed by atoms with E-state index in [-0.39, 0.29) is 11.7 Å². The second-order valence-corrected chi connectivity index (χ2v) is 8.44. The number of aromatic nitrogens is 2. The molecular weight excluding hydrogens is 400 g/mol. The van der Waals surface area contributed by atoms with Gasteiger partial charge >= 0.3 is 0 Å². The van der Waals surface area contributed by atoms with Gasteiger partial charge in [0.2, 0.25) is 0 Å². The fourth-order valence-electron chi connectivity index (χ4n) is 4.08. The van der Waals surface area contributed by atoms with Crippen LogP contribution in [0.15, 0.2) is 60.7 Å². The lowest BCUT2D eigenvalue weighted by molar-refractivity contribution is 0.101. The van der Waals surface area contributed by atoms with Crippen molar-refractivity contribution in [2.45, 2.75) is 26.2 Å². The fraction of sp³-hybridized carbons (Fsp3) is 0.308. The van der Waals surface area contributed by atoms with Gasteiger partial charge in [-0.05, 0) is 70.4 Å².